The summed E-state index contributed by atoms with van der Waals surface area (Å²) in [6, 6.07) is 11.2. The normalized spacial score (nSPS) is 10.8. The summed E-state index contributed by atoms with van der Waals surface area (Å²) in [5.74, 6) is 0. The summed E-state index contributed by atoms with van der Waals surface area (Å²) >= 11 is 15.8. The molecule has 3 rings (SSSR count). The Kier molecular flexibility index (Phi) is 3.93. The minimum atomic E-state index is 0.458. The van der Waals surface area contributed by atoms with Gasteiger partial charge in [-0.05, 0) is 52.3 Å². The van der Waals surface area contributed by atoms with Gasteiger partial charge in [-0.15, -0.1) is 0 Å². The van der Waals surface area contributed by atoms with E-state index >= 15 is 0 Å². The van der Waals surface area contributed by atoms with Crippen molar-refractivity contribution in [1.29, 1.82) is 0 Å². The van der Waals surface area contributed by atoms with Crippen molar-refractivity contribution >= 4 is 67.1 Å². The maximum absolute atomic E-state index is 6.27. The van der Waals surface area contributed by atoms with E-state index < -0.39 is 0 Å². The lowest BCUT2D eigenvalue weighted by Crippen LogP contribution is -1.96. The van der Waals surface area contributed by atoms with Gasteiger partial charge in [0.25, 0.3) is 0 Å². The van der Waals surface area contributed by atoms with E-state index in [2.05, 4.69) is 26.2 Å². The monoisotopic (exact) mass is 381 g/mol. The number of pyridine rings is 1. The molecule has 0 radical (unpaired) electrons. The first-order valence-corrected chi connectivity index (χ1v) is 7.66. The van der Waals surface area contributed by atoms with Crippen LogP contribution in [0.25, 0.3) is 10.9 Å². The number of nitrogens with two attached hydrogens (primary N) is 1. The van der Waals surface area contributed by atoms with Crippen LogP contribution in [0.1, 0.15) is 0 Å². The van der Waals surface area contributed by atoms with E-state index in [1.165, 1.54) is 0 Å². The number of aromatic nitrogens is 1. The maximum Gasteiger partial charge on any atom is 0.0951 e. The minimum absolute atomic E-state index is 0.458. The first kappa shape index (κ1) is 14.4. The fraction of sp³-hybridized carbons (Fsp3) is 0. The van der Waals surface area contributed by atoms with E-state index in [4.69, 9.17) is 28.9 Å². The lowest BCUT2D eigenvalue weighted by molar-refractivity contribution is 1.41. The molecule has 0 aliphatic carbocycles. The molecule has 1 aromatic heterocycles. The molecule has 0 atom stereocenters. The van der Waals surface area contributed by atoms with Crippen molar-refractivity contribution in [2.24, 2.45) is 0 Å². The van der Waals surface area contributed by atoms with Gasteiger partial charge in [0.1, 0.15) is 0 Å². The third kappa shape index (κ3) is 2.67. The van der Waals surface area contributed by atoms with Crippen molar-refractivity contribution in [3.05, 3.63) is 57.1 Å². The van der Waals surface area contributed by atoms with Crippen molar-refractivity contribution in [2.75, 3.05) is 11.1 Å². The molecule has 0 aliphatic heterocycles. The Labute approximate surface area is 140 Å². The van der Waals surface area contributed by atoms with Gasteiger partial charge < -0.3 is 11.1 Å². The molecule has 0 fully saturated rings. The van der Waals surface area contributed by atoms with Gasteiger partial charge in [-0.2, -0.15) is 0 Å². The number of nitrogens with one attached hydrogen (secondary N) is 1. The lowest BCUT2D eigenvalue weighted by atomic mass is 10.1. The molecule has 6 heteroatoms. The number of benzene rings is 2. The van der Waals surface area contributed by atoms with Crippen LogP contribution in [0.15, 0.2) is 47.1 Å². The van der Waals surface area contributed by atoms with E-state index in [0.717, 1.165) is 26.8 Å². The maximum atomic E-state index is 6.27. The molecular weight excluding hydrogens is 373 g/mol. The number of rotatable bonds is 2. The molecule has 0 amide bonds. The van der Waals surface area contributed by atoms with Gasteiger partial charge in [-0.3, -0.25) is 4.98 Å². The van der Waals surface area contributed by atoms with Gasteiger partial charge in [-0.25, -0.2) is 0 Å². The number of nitrogens with zero attached hydrogens (tertiary/aromatic N) is 1. The average Bonchev–Trinajstić information content (AvgIpc) is 2.50. The van der Waals surface area contributed by atoms with Crippen LogP contribution in [0.4, 0.5) is 17.1 Å². The number of anilines is 3. The van der Waals surface area contributed by atoms with Gasteiger partial charge in [-0.1, -0.05) is 23.2 Å². The summed E-state index contributed by atoms with van der Waals surface area (Å²) in [5, 5.41) is 5.13. The van der Waals surface area contributed by atoms with Crippen LogP contribution < -0.4 is 11.1 Å². The summed E-state index contributed by atoms with van der Waals surface area (Å²) in [4.78, 5) is 4.31. The van der Waals surface area contributed by atoms with E-state index in [1.807, 2.05) is 36.4 Å². The molecule has 0 bridgehead atoms. The van der Waals surface area contributed by atoms with Gasteiger partial charge in [0.15, 0.2) is 0 Å². The molecule has 0 spiro atoms. The smallest absolute Gasteiger partial charge is 0.0951 e. The SMILES string of the molecule is Nc1ccc(Nc2ccc(Br)c(Cl)c2Cl)c2cccnc12. The van der Waals surface area contributed by atoms with Gasteiger partial charge in [0.2, 0.25) is 0 Å². The predicted molar refractivity (Wildman–Crippen MR) is 93.6 cm³/mol. The van der Waals surface area contributed by atoms with Crippen molar-refractivity contribution in [3.63, 3.8) is 0 Å². The Bertz CT molecular complexity index is 837. The fourth-order valence-corrected chi connectivity index (χ4v) is 2.89. The molecular formula is C15H10BrCl2N3. The second kappa shape index (κ2) is 5.72. The molecule has 0 saturated carbocycles. The minimum Gasteiger partial charge on any atom is -0.397 e. The Balaban J connectivity index is 2.11. The van der Waals surface area contributed by atoms with Crippen molar-refractivity contribution in [2.45, 2.75) is 0 Å². The highest BCUT2D eigenvalue weighted by atomic mass is 79.9. The molecule has 3 aromatic rings. The van der Waals surface area contributed by atoms with Crippen LogP contribution >= 0.6 is 39.1 Å². The average molecular weight is 383 g/mol. The van der Waals surface area contributed by atoms with Crippen molar-refractivity contribution in [3.8, 4) is 0 Å². The lowest BCUT2D eigenvalue weighted by Gasteiger charge is -2.13. The second-order valence-electron chi connectivity index (χ2n) is 4.45. The molecule has 3 nitrogen and oxygen atoms in total. The number of halogens is 3. The number of fused-ring (bicyclic) bond motifs is 1. The summed E-state index contributed by atoms with van der Waals surface area (Å²) < 4.78 is 0.753. The first-order valence-electron chi connectivity index (χ1n) is 6.11. The first-order chi connectivity index (χ1) is 10.1. The van der Waals surface area contributed by atoms with Gasteiger partial charge in [0.05, 0.1) is 26.9 Å². The number of nitrogen functional groups attached to an aromatic ring is 1. The fourth-order valence-electron chi connectivity index (χ4n) is 2.07. The van der Waals surface area contributed by atoms with Crippen molar-refractivity contribution in [1.82, 2.24) is 4.98 Å². The van der Waals surface area contributed by atoms with Crippen LogP contribution in [0.3, 0.4) is 0 Å². The number of hydrogen-bond acceptors (Lipinski definition) is 3. The molecule has 0 aliphatic rings. The Hall–Kier alpha value is -1.49. The van der Waals surface area contributed by atoms with E-state index in [-0.39, 0.29) is 0 Å². The van der Waals surface area contributed by atoms with Gasteiger partial charge >= 0.3 is 0 Å². The summed E-state index contributed by atoms with van der Waals surface area (Å²) in [6.07, 6.45) is 1.71. The number of hydrogen-bond donors (Lipinski definition) is 2. The zero-order valence-corrected chi connectivity index (χ0v) is 13.8. The van der Waals surface area contributed by atoms with Crippen LogP contribution in [-0.2, 0) is 0 Å². The molecule has 0 unspecified atom stereocenters. The summed E-state index contributed by atoms with van der Waals surface area (Å²) in [7, 11) is 0. The Morgan fingerprint density at radius 2 is 1.76 bits per heavy atom. The summed E-state index contributed by atoms with van der Waals surface area (Å²) in [5.41, 5.74) is 8.93. The van der Waals surface area contributed by atoms with Crippen LogP contribution in [0.5, 0.6) is 0 Å². The second-order valence-corrected chi connectivity index (χ2v) is 6.06. The summed E-state index contributed by atoms with van der Waals surface area (Å²) in [6.45, 7) is 0. The van der Waals surface area contributed by atoms with Crippen molar-refractivity contribution < 1.29 is 0 Å². The molecule has 3 N–H and O–H groups in total. The highest BCUT2D eigenvalue weighted by molar-refractivity contribution is 9.10. The predicted octanol–water partition coefficient (Wildman–Crippen LogP) is 5.63. The van der Waals surface area contributed by atoms with E-state index in [9.17, 15) is 0 Å². The van der Waals surface area contributed by atoms with Gasteiger partial charge in [0, 0.05) is 21.7 Å². The largest absolute Gasteiger partial charge is 0.397 e. The molecule has 106 valence electrons. The highest BCUT2D eigenvalue weighted by Gasteiger charge is 2.11. The third-order valence-electron chi connectivity index (χ3n) is 3.11. The Morgan fingerprint density at radius 1 is 1.00 bits per heavy atom. The molecule has 21 heavy (non-hydrogen) atoms. The molecule has 2 aromatic carbocycles. The van der Waals surface area contributed by atoms with Crippen LogP contribution in [-0.4, -0.2) is 4.98 Å². The zero-order valence-electron chi connectivity index (χ0n) is 10.7. The molecule has 0 saturated heterocycles. The highest BCUT2D eigenvalue weighted by Crippen LogP contribution is 2.38. The molecule has 1 heterocycles. The Morgan fingerprint density at radius 3 is 2.57 bits per heavy atom. The van der Waals surface area contributed by atoms with E-state index in [1.54, 1.807) is 6.20 Å². The topological polar surface area (TPSA) is 50.9 Å². The zero-order chi connectivity index (χ0) is 15.0. The van der Waals surface area contributed by atoms with E-state index in [0.29, 0.717) is 15.7 Å². The third-order valence-corrected chi connectivity index (χ3v) is 4.88. The van der Waals surface area contributed by atoms with Crippen LogP contribution in [0.2, 0.25) is 10.0 Å². The van der Waals surface area contributed by atoms with Crippen LogP contribution in [0, 0.1) is 0 Å². The quantitative estimate of drug-likeness (QED) is 0.446. The standard InChI is InChI=1S/C15H10BrCl2N3/c16-9-3-5-12(14(18)13(9)17)21-11-6-4-10(19)15-8(11)2-1-7-20-15/h1-7,21H,19H2.